The lowest BCUT2D eigenvalue weighted by atomic mass is 9.98. The van der Waals surface area contributed by atoms with E-state index in [2.05, 4.69) is 54.0 Å². The molecule has 0 aliphatic rings. The van der Waals surface area contributed by atoms with Crippen LogP contribution in [0.1, 0.15) is 46.8 Å². The minimum absolute atomic E-state index is 0.105. The van der Waals surface area contributed by atoms with Gasteiger partial charge in [-0.25, -0.2) is 4.39 Å². The summed E-state index contributed by atoms with van der Waals surface area (Å²) in [6.07, 6.45) is 0. The first-order valence-electron chi connectivity index (χ1n) is 6.49. The molecule has 1 atom stereocenters. The van der Waals surface area contributed by atoms with Crippen molar-refractivity contribution in [3.63, 3.8) is 0 Å². The molecule has 0 N–H and O–H groups in total. The van der Waals surface area contributed by atoms with Gasteiger partial charge in [0.2, 0.25) is 0 Å². The zero-order valence-electron chi connectivity index (χ0n) is 11.5. The summed E-state index contributed by atoms with van der Waals surface area (Å²) < 4.78 is 13.3. The molecule has 0 aliphatic carbocycles. The van der Waals surface area contributed by atoms with Crippen LogP contribution in [0, 0.1) is 12.7 Å². The third-order valence-electron chi connectivity index (χ3n) is 3.37. The molecule has 1 unspecified atom stereocenters. The molecular formula is C17H18BrF. The van der Waals surface area contributed by atoms with Gasteiger partial charge in [0, 0.05) is 0 Å². The second-order valence-corrected chi connectivity index (χ2v) is 6.11. The summed E-state index contributed by atoms with van der Waals surface area (Å²) in [4.78, 5) is 0.105. The maximum atomic E-state index is 13.3. The molecule has 19 heavy (non-hydrogen) atoms. The number of halogens is 2. The molecule has 0 radical (unpaired) electrons. The highest BCUT2D eigenvalue weighted by Crippen LogP contribution is 2.32. The van der Waals surface area contributed by atoms with E-state index in [0.29, 0.717) is 11.5 Å². The highest BCUT2D eigenvalue weighted by atomic mass is 79.9. The maximum Gasteiger partial charge on any atom is 0.126 e. The summed E-state index contributed by atoms with van der Waals surface area (Å²) in [6, 6.07) is 13.8. The van der Waals surface area contributed by atoms with Gasteiger partial charge in [-0.1, -0.05) is 66.2 Å². The van der Waals surface area contributed by atoms with E-state index < -0.39 is 0 Å². The van der Waals surface area contributed by atoms with Crippen LogP contribution in [-0.4, -0.2) is 0 Å². The number of hydrogen-bond donors (Lipinski definition) is 0. The number of rotatable bonds is 3. The van der Waals surface area contributed by atoms with E-state index in [1.807, 2.05) is 12.1 Å². The van der Waals surface area contributed by atoms with Gasteiger partial charge in [0.05, 0.1) is 4.83 Å². The number of hydrogen-bond acceptors (Lipinski definition) is 0. The molecule has 0 saturated carbocycles. The zero-order chi connectivity index (χ0) is 14.0. The third-order valence-corrected chi connectivity index (χ3v) is 4.43. The summed E-state index contributed by atoms with van der Waals surface area (Å²) in [7, 11) is 0. The van der Waals surface area contributed by atoms with E-state index in [4.69, 9.17) is 0 Å². The normalized spacial score (nSPS) is 12.7. The monoisotopic (exact) mass is 320 g/mol. The van der Waals surface area contributed by atoms with Crippen molar-refractivity contribution in [2.75, 3.05) is 0 Å². The van der Waals surface area contributed by atoms with Crippen LogP contribution in [0.25, 0.3) is 0 Å². The molecule has 2 aromatic carbocycles. The van der Waals surface area contributed by atoms with Crippen LogP contribution in [0.5, 0.6) is 0 Å². The molecular weight excluding hydrogens is 303 g/mol. The Morgan fingerprint density at radius 1 is 0.895 bits per heavy atom. The Balaban J connectivity index is 2.27. The van der Waals surface area contributed by atoms with Gasteiger partial charge in [-0.05, 0) is 41.2 Å². The third kappa shape index (κ3) is 3.24. The smallest absolute Gasteiger partial charge is 0.126 e. The van der Waals surface area contributed by atoms with Gasteiger partial charge in [0.1, 0.15) is 5.82 Å². The van der Waals surface area contributed by atoms with Crippen LogP contribution in [0.3, 0.4) is 0 Å². The SMILES string of the molecule is Cc1cc(C(Br)c2ccc(C(C)C)cc2)ccc1F. The quantitative estimate of drug-likeness (QED) is 0.632. The van der Waals surface area contributed by atoms with Crippen molar-refractivity contribution in [1.29, 1.82) is 0 Å². The topological polar surface area (TPSA) is 0 Å². The van der Waals surface area contributed by atoms with Crippen molar-refractivity contribution in [3.05, 3.63) is 70.5 Å². The Kier molecular flexibility index (Phi) is 4.41. The van der Waals surface area contributed by atoms with Gasteiger partial charge in [-0.2, -0.15) is 0 Å². The van der Waals surface area contributed by atoms with E-state index in [9.17, 15) is 4.39 Å². The van der Waals surface area contributed by atoms with Gasteiger partial charge in [-0.15, -0.1) is 0 Å². The Morgan fingerprint density at radius 2 is 1.42 bits per heavy atom. The standard InChI is InChI=1S/C17H18BrF/c1-11(2)13-4-6-14(7-5-13)17(18)15-8-9-16(19)12(3)10-15/h4-11,17H,1-3H3. The van der Waals surface area contributed by atoms with Crippen molar-refractivity contribution < 1.29 is 4.39 Å². The van der Waals surface area contributed by atoms with E-state index in [1.165, 1.54) is 17.2 Å². The first-order chi connectivity index (χ1) is 8.99. The lowest BCUT2D eigenvalue weighted by Gasteiger charge is -2.13. The molecule has 0 bridgehead atoms. The molecule has 100 valence electrons. The molecule has 0 heterocycles. The van der Waals surface area contributed by atoms with Crippen LogP contribution in [-0.2, 0) is 0 Å². The molecule has 0 spiro atoms. The van der Waals surface area contributed by atoms with Crippen molar-refractivity contribution >= 4 is 15.9 Å². The van der Waals surface area contributed by atoms with Gasteiger partial charge < -0.3 is 0 Å². The van der Waals surface area contributed by atoms with Crippen molar-refractivity contribution in [3.8, 4) is 0 Å². The summed E-state index contributed by atoms with van der Waals surface area (Å²) >= 11 is 3.69. The Morgan fingerprint density at radius 3 is 1.95 bits per heavy atom. The largest absolute Gasteiger partial charge is 0.207 e. The first-order valence-corrected chi connectivity index (χ1v) is 7.40. The van der Waals surface area contributed by atoms with Gasteiger partial charge in [0.15, 0.2) is 0 Å². The summed E-state index contributed by atoms with van der Waals surface area (Å²) in [6.45, 7) is 6.16. The van der Waals surface area contributed by atoms with Crippen molar-refractivity contribution in [2.45, 2.75) is 31.5 Å². The summed E-state index contributed by atoms with van der Waals surface area (Å²) in [5.74, 6) is 0.384. The highest BCUT2D eigenvalue weighted by molar-refractivity contribution is 9.09. The molecule has 0 nitrogen and oxygen atoms in total. The molecule has 2 rings (SSSR count). The minimum atomic E-state index is -0.154. The number of alkyl halides is 1. The van der Waals surface area contributed by atoms with E-state index >= 15 is 0 Å². The fourth-order valence-electron chi connectivity index (χ4n) is 2.07. The van der Waals surface area contributed by atoms with Crippen molar-refractivity contribution in [2.24, 2.45) is 0 Å². The van der Waals surface area contributed by atoms with E-state index in [-0.39, 0.29) is 10.6 Å². The molecule has 0 fully saturated rings. The molecule has 0 saturated heterocycles. The molecule has 0 aromatic heterocycles. The van der Waals surface area contributed by atoms with Gasteiger partial charge in [0.25, 0.3) is 0 Å². The van der Waals surface area contributed by atoms with Crippen LogP contribution in [0.4, 0.5) is 4.39 Å². The average Bonchev–Trinajstić information content (AvgIpc) is 2.41. The van der Waals surface area contributed by atoms with Crippen molar-refractivity contribution in [1.82, 2.24) is 0 Å². The number of benzene rings is 2. The maximum absolute atomic E-state index is 13.3. The second kappa shape index (κ2) is 5.87. The van der Waals surface area contributed by atoms with E-state index in [0.717, 1.165) is 5.56 Å². The van der Waals surface area contributed by atoms with Crippen LogP contribution >= 0.6 is 15.9 Å². The van der Waals surface area contributed by atoms with Crippen LogP contribution < -0.4 is 0 Å². The number of aryl methyl sites for hydroxylation is 1. The van der Waals surface area contributed by atoms with Crippen LogP contribution in [0.2, 0.25) is 0 Å². The summed E-state index contributed by atoms with van der Waals surface area (Å²) in [5, 5.41) is 0. The Labute approximate surface area is 122 Å². The molecule has 2 heteroatoms. The first kappa shape index (κ1) is 14.3. The Bertz CT molecular complexity index is 558. The second-order valence-electron chi connectivity index (χ2n) is 5.19. The van der Waals surface area contributed by atoms with Gasteiger partial charge in [-0.3, -0.25) is 0 Å². The predicted molar refractivity (Wildman–Crippen MR) is 82.4 cm³/mol. The fraction of sp³-hybridized carbons (Fsp3) is 0.294. The summed E-state index contributed by atoms with van der Waals surface area (Å²) in [5.41, 5.74) is 4.28. The molecule has 2 aromatic rings. The minimum Gasteiger partial charge on any atom is -0.207 e. The molecule has 0 aliphatic heterocycles. The predicted octanol–water partition coefficient (Wildman–Crippen LogP) is 5.74. The van der Waals surface area contributed by atoms with Crippen LogP contribution in [0.15, 0.2) is 42.5 Å². The zero-order valence-corrected chi connectivity index (χ0v) is 13.0. The molecule has 0 amide bonds. The lowest BCUT2D eigenvalue weighted by molar-refractivity contribution is 0.618. The van der Waals surface area contributed by atoms with E-state index in [1.54, 1.807) is 6.92 Å². The Hall–Kier alpha value is -1.15. The lowest BCUT2D eigenvalue weighted by Crippen LogP contribution is -1.96. The average molecular weight is 321 g/mol. The fourth-order valence-corrected chi connectivity index (χ4v) is 2.66. The highest BCUT2D eigenvalue weighted by Gasteiger charge is 2.12. The van der Waals surface area contributed by atoms with Gasteiger partial charge >= 0.3 is 0 Å².